The molecule has 1 aliphatic rings. The first-order chi connectivity index (χ1) is 9.58. The van der Waals surface area contributed by atoms with Crippen LogP contribution in [0.2, 0.25) is 0 Å². The van der Waals surface area contributed by atoms with Crippen molar-refractivity contribution in [2.75, 3.05) is 30.3 Å². The number of nitrogens with zero attached hydrogens (tertiary/aromatic N) is 2. The highest BCUT2D eigenvalue weighted by Crippen LogP contribution is 2.30. The molecule has 110 valence electrons. The van der Waals surface area contributed by atoms with Crippen LogP contribution in [0.25, 0.3) is 0 Å². The summed E-state index contributed by atoms with van der Waals surface area (Å²) in [4.78, 5) is 29.4. The van der Waals surface area contributed by atoms with E-state index >= 15 is 0 Å². The predicted octanol–water partition coefficient (Wildman–Crippen LogP) is 0.321. The molecule has 7 nitrogen and oxygen atoms in total. The number of nitrogens with one attached hydrogen (secondary N) is 1. The number of nitrogens with two attached hydrogens (primary N) is 2. The molecule has 1 fully saturated rings. The van der Waals surface area contributed by atoms with Gasteiger partial charge in [0.25, 0.3) is 5.91 Å². The number of nitrogen functional groups attached to an aromatic ring is 1. The first-order valence-electron chi connectivity index (χ1n) is 6.65. The summed E-state index contributed by atoms with van der Waals surface area (Å²) in [6, 6.07) is 0. The number of rotatable bonds is 6. The van der Waals surface area contributed by atoms with E-state index in [1.54, 1.807) is 0 Å². The summed E-state index contributed by atoms with van der Waals surface area (Å²) in [5, 5.41) is 3.53. The van der Waals surface area contributed by atoms with Gasteiger partial charge in [-0.25, -0.2) is 4.98 Å². The molecule has 5 N–H and O–H groups in total. The minimum atomic E-state index is -0.368. The minimum absolute atomic E-state index is 0.241. The van der Waals surface area contributed by atoms with Crippen LogP contribution in [0.4, 0.5) is 10.9 Å². The van der Waals surface area contributed by atoms with Crippen LogP contribution in [0.15, 0.2) is 0 Å². The summed E-state index contributed by atoms with van der Waals surface area (Å²) in [6.45, 7) is 2.33. The van der Waals surface area contributed by atoms with E-state index in [-0.39, 0.29) is 24.1 Å². The number of thiazole rings is 1. The number of primary amides is 1. The molecule has 0 aromatic carbocycles. The first-order valence-corrected chi connectivity index (χ1v) is 7.47. The lowest BCUT2D eigenvalue weighted by molar-refractivity contribution is -0.118. The van der Waals surface area contributed by atoms with E-state index < -0.39 is 0 Å². The third kappa shape index (κ3) is 3.60. The summed E-state index contributed by atoms with van der Waals surface area (Å²) in [5.41, 5.74) is 10.8. The highest BCUT2D eigenvalue weighted by Gasteiger charge is 2.21. The average Bonchev–Trinajstić information content (AvgIpc) is 3.02. The second-order valence-corrected chi connectivity index (χ2v) is 5.71. The Morgan fingerprint density at radius 2 is 2.05 bits per heavy atom. The smallest absolute Gasteiger partial charge is 0.265 e. The molecule has 1 aromatic rings. The van der Waals surface area contributed by atoms with Gasteiger partial charge in [-0.05, 0) is 19.3 Å². The van der Waals surface area contributed by atoms with Crippen LogP contribution in [0.1, 0.15) is 35.4 Å². The Morgan fingerprint density at radius 3 is 2.70 bits per heavy atom. The van der Waals surface area contributed by atoms with Crippen molar-refractivity contribution in [3.63, 3.8) is 0 Å². The van der Waals surface area contributed by atoms with Gasteiger partial charge in [-0.1, -0.05) is 11.3 Å². The zero-order chi connectivity index (χ0) is 14.5. The van der Waals surface area contributed by atoms with E-state index in [9.17, 15) is 9.59 Å². The second-order valence-electron chi connectivity index (χ2n) is 4.73. The fourth-order valence-electron chi connectivity index (χ4n) is 2.07. The van der Waals surface area contributed by atoms with Crippen LogP contribution in [-0.2, 0) is 4.79 Å². The molecule has 2 heterocycles. The van der Waals surface area contributed by atoms with E-state index in [0.717, 1.165) is 31.1 Å². The molecule has 0 spiro atoms. The largest absolute Gasteiger partial charge is 0.382 e. The van der Waals surface area contributed by atoms with Crippen molar-refractivity contribution in [1.82, 2.24) is 10.3 Å². The molecule has 0 atom stereocenters. The number of hydrogen-bond donors (Lipinski definition) is 3. The number of anilines is 2. The van der Waals surface area contributed by atoms with Gasteiger partial charge in [0.2, 0.25) is 5.91 Å². The van der Waals surface area contributed by atoms with Crippen molar-refractivity contribution in [3.8, 4) is 0 Å². The van der Waals surface area contributed by atoms with Gasteiger partial charge >= 0.3 is 0 Å². The van der Waals surface area contributed by atoms with Gasteiger partial charge in [0.1, 0.15) is 10.7 Å². The van der Waals surface area contributed by atoms with Gasteiger partial charge in [0.05, 0.1) is 0 Å². The number of hydrogen-bond acceptors (Lipinski definition) is 6. The van der Waals surface area contributed by atoms with Gasteiger partial charge in [-0.2, -0.15) is 0 Å². The SMILES string of the molecule is NC(=O)CCCNC(=O)c1sc(N2CCCC2)nc1N. The number of carbonyl (C=O) groups excluding carboxylic acids is 2. The highest BCUT2D eigenvalue weighted by molar-refractivity contribution is 7.18. The lowest BCUT2D eigenvalue weighted by Crippen LogP contribution is -2.25. The molecular formula is C12H19N5O2S. The summed E-state index contributed by atoms with van der Waals surface area (Å²) in [5.74, 6) is -0.341. The number of aromatic nitrogens is 1. The van der Waals surface area contributed by atoms with Gasteiger partial charge in [-0.15, -0.1) is 0 Å². The number of carbonyl (C=O) groups is 2. The Hall–Kier alpha value is -1.83. The minimum Gasteiger partial charge on any atom is -0.382 e. The monoisotopic (exact) mass is 297 g/mol. The molecular weight excluding hydrogens is 278 g/mol. The Morgan fingerprint density at radius 1 is 1.35 bits per heavy atom. The third-order valence-corrected chi connectivity index (χ3v) is 4.24. The standard InChI is InChI=1S/C12H19N5O2S/c13-8(18)4-3-5-15-11(19)9-10(14)16-12(20-9)17-6-1-2-7-17/h1-7,14H2,(H2,13,18)(H,15,19). The fourth-order valence-corrected chi connectivity index (χ4v) is 3.02. The van der Waals surface area contributed by atoms with Crippen molar-refractivity contribution >= 4 is 34.1 Å². The van der Waals surface area contributed by atoms with E-state index in [2.05, 4.69) is 15.2 Å². The quantitative estimate of drug-likeness (QED) is 0.654. The number of amides is 2. The van der Waals surface area contributed by atoms with Crippen LogP contribution < -0.4 is 21.7 Å². The molecule has 1 saturated heterocycles. The topological polar surface area (TPSA) is 114 Å². The zero-order valence-corrected chi connectivity index (χ0v) is 12.0. The molecule has 1 aliphatic heterocycles. The van der Waals surface area contributed by atoms with E-state index in [0.29, 0.717) is 17.8 Å². The summed E-state index contributed by atoms with van der Waals surface area (Å²) in [6.07, 6.45) is 3.08. The van der Waals surface area contributed by atoms with Crippen molar-refractivity contribution in [3.05, 3.63) is 4.88 Å². The van der Waals surface area contributed by atoms with Crippen molar-refractivity contribution in [2.45, 2.75) is 25.7 Å². The van der Waals surface area contributed by atoms with Crippen LogP contribution in [-0.4, -0.2) is 36.4 Å². The normalized spacial score (nSPS) is 14.5. The molecule has 20 heavy (non-hydrogen) atoms. The zero-order valence-electron chi connectivity index (χ0n) is 11.2. The highest BCUT2D eigenvalue weighted by atomic mass is 32.1. The van der Waals surface area contributed by atoms with Crippen LogP contribution >= 0.6 is 11.3 Å². The molecule has 0 radical (unpaired) electrons. The summed E-state index contributed by atoms with van der Waals surface area (Å²) in [7, 11) is 0. The molecule has 0 saturated carbocycles. The fraction of sp³-hybridized carbons (Fsp3) is 0.583. The molecule has 0 bridgehead atoms. The van der Waals surface area contributed by atoms with Gasteiger partial charge < -0.3 is 21.7 Å². The maximum Gasteiger partial charge on any atom is 0.265 e. The Balaban J connectivity index is 1.90. The summed E-state index contributed by atoms with van der Waals surface area (Å²) < 4.78 is 0. The predicted molar refractivity (Wildman–Crippen MR) is 78.7 cm³/mol. The molecule has 1 aromatic heterocycles. The lowest BCUT2D eigenvalue weighted by Gasteiger charge is -2.11. The molecule has 8 heteroatoms. The van der Waals surface area contributed by atoms with E-state index in [1.165, 1.54) is 11.3 Å². The maximum atomic E-state index is 12.0. The van der Waals surface area contributed by atoms with Crippen molar-refractivity contribution < 1.29 is 9.59 Å². The molecule has 2 rings (SSSR count). The molecule has 2 amide bonds. The first kappa shape index (κ1) is 14.6. The van der Waals surface area contributed by atoms with Gasteiger partial charge in [0, 0.05) is 26.1 Å². The second kappa shape index (κ2) is 6.56. The third-order valence-electron chi connectivity index (χ3n) is 3.11. The van der Waals surface area contributed by atoms with E-state index in [4.69, 9.17) is 11.5 Å². The Kier molecular flexibility index (Phi) is 4.78. The van der Waals surface area contributed by atoms with Gasteiger partial charge in [-0.3, -0.25) is 9.59 Å². The maximum absolute atomic E-state index is 12.0. The lowest BCUT2D eigenvalue weighted by atomic mass is 10.3. The Bertz CT molecular complexity index is 496. The summed E-state index contributed by atoms with van der Waals surface area (Å²) >= 11 is 1.32. The molecule has 0 unspecified atom stereocenters. The Labute approximate surface area is 121 Å². The van der Waals surface area contributed by atoms with Crippen LogP contribution in [0.3, 0.4) is 0 Å². The van der Waals surface area contributed by atoms with Gasteiger partial charge in [0.15, 0.2) is 5.13 Å². The van der Waals surface area contributed by atoms with Crippen LogP contribution in [0, 0.1) is 0 Å². The van der Waals surface area contributed by atoms with E-state index in [1.807, 2.05) is 0 Å². The van der Waals surface area contributed by atoms with Crippen molar-refractivity contribution in [2.24, 2.45) is 5.73 Å². The van der Waals surface area contributed by atoms with Crippen LogP contribution in [0.5, 0.6) is 0 Å². The average molecular weight is 297 g/mol. The molecule has 0 aliphatic carbocycles. The van der Waals surface area contributed by atoms with Crippen molar-refractivity contribution in [1.29, 1.82) is 0 Å².